The van der Waals surface area contributed by atoms with Crippen molar-refractivity contribution in [1.82, 2.24) is 4.90 Å². The Hall–Kier alpha value is -1.55. The molecule has 1 aliphatic heterocycles. The molecule has 2 rings (SSSR count). The SMILES string of the molecule is CC1CCN(CCCCN=C(N)Nc2cccc(C(C)C)c2)CC1. The molecule has 1 saturated heterocycles. The minimum Gasteiger partial charge on any atom is -0.370 e. The largest absolute Gasteiger partial charge is 0.370 e. The van der Waals surface area contributed by atoms with Gasteiger partial charge in [0.1, 0.15) is 0 Å². The molecule has 0 bridgehead atoms. The maximum atomic E-state index is 6.00. The fourth-order valence-electron chi connectivity index (χ4n) is 3.10. The minimum absolute atomic E-state index is 0.516. The summed E-state index contributed by atoms with van der Waals surface area (Å²) in [6.45, 7) is 11.3. The summed E-state index contributed by atoms with van der Waals surface area (Å²) in [4.78, 5) is 7.04. The third kappa shape index (κ3) is 6.52. The van der Waals surface area contributed by atoms with Crippen LogP contribution in [-0.4, -0.2) is 37.0 Å². The fraction of sp³-hybridized carbons (Fsp3) is 0.650. The monoisotopic (exact) mass is 330 g/mol. The van der Waals surface area contributed by atoms with Crippen molar-refractivity contribution in [2.24, 2.45) is 16.6 Å². The second kappa shape index (κ2) is 9.67. The van der Waals surface area contributed by atoms with Crippen LogP contribution in [0.5, 0.6) is 0 Å². The molecule has 0 unspecified atom stereocenters. The number of likely N-dealkylation sites (tertiary alicyclic amines) is 1. The van der Waals surface area contributed by atoms with Crippen LogP contribution >= 0.6 is 0 Å². The Balaban J connectivity index is 1.66. The Kier molecular flexibility index (Phi) is 7.57. The van der Waals surface area contributed by atoms with Gasteiger partial charge >= 0.3 is 0 Å². The van der Waals surface area contributed by atoms with Crippen molar-refractivity contribution in [3.05, 3.63) is 29.8 Å². The summed E-state index contributed by atoms with van der Waals surface area (Å²) in [6, 6.07) is 8.38. The van der Waals surface area contributed by atoms with E-state index in [1.165, 1.54) is 44.5 Å². The average molecular weight is 331 g/mol. The normalized spacial score (nSPS) is 17.4. The zero-order valence-electron chi connectivity index (χ0n) is 15.6. The average Bonchev–Trinajstić information content (AvgIpc) is 2.56. The maximum Gasteiger partial charge on any atom is 0.193 e. The van der Waals surface area contributed by atoms with Gasteiger partial charge in [-0.1, -0.05) is 32.9 Å². The van der Waals surface area contributed by atoms with E-state index >= 15 is 0 Å². The molecule has 1 heterocycles. The standard InChI is InChI=1S/C20H34N4/c1-16(2)18-7-6-8-19(15-18)23-20(21)22-11-4-5-12-24-13-9-17(3)10-14-24/h6-8,15-17H,4-5,9-14H2,1-3H3,(H3,21,22,23). The fourth-order valence-corrected chi connectivity index (χ4v) is 3.10. The molecule has 1 aromatic carbocycles. The van der Waals surface area contributed by atoms with Crippen LogP contribution in [0.2, 0.25) is 0 Å². The van der Waals surface area contributed by atoms with Crippen molar-refractivity contribution in [2.75, 3.05) is 31.5 Å². The van der Waals surface area contributed by atoms with Crippen LogP contribution in [0.15, 0.2) is 29.3 Å². The summed E-state index contributed by atoms with van der Waals surface area (Å²) in [6.07, 6.45) is 5.00. The quantitative estimate of drug-likeness (QED) is 0.450. The number of anilines is 1. The molecule has 1 aliphatic rings. The number of piperidine rings is 1. The van der Waals surface area contributed by atoms with Crippen molar-refractivity contribution in [3.63, 3.8) is 0 Å². The van der Waals surface area contributed by atoms with Gasteiger partial charge < -0.3 is 16.0 Å². The van der Waals surface area contributed by atoms with Crippen LogP contribution in [0.3, 0.4) is 0 Å². The van der Waals surface area contributed by atoms with E-state index in [-0.39, 0.29) is 0 Å². The van der Waals surface area contributed by atoms with E-state index in [2.05, 4.69) is 54.2 Å². The number of benzene rings is 1. The zero-order chi connectivity index (χ0) is 17.4. The van der Waals surface area contributed by atoms with E-state index in [0.29, 0.717) is 11.9 Å². The highest BCUT2D eigenvalue weighted by Crippen LogP contribution is 2.18. The number of aliphatic imine (C=N–C) groups is 1. The third-order valence-electron chi connectivity index (χ3n) is 4.87. The summed E-state index contributed by atoms with van der Waals surface area (Å²) in [5.41, 5.74) is 8.33. The Morgan fingerprint density at radius 1 is 1.29 bits per heavy atom. The van der Waals surface area contributed by atoms with Gasteiger partial charge in [0.15, 0.2) is 5.96 Å². The summed E-state index contributed by atoms with van der Waals surface area (Å²) in [7, 11) is 0. The molecule has 134 valence electrons. The highest BCUT2D eigenvalue weighted by molar-refractivity contribution is 5.92. The molecule has 0 aliphatic carbocycles. The van der Waals surface area contributed by atoms with Gasteiger partial charge in [-0.2, -0.15) is 0 Å². The summed E-state index contributed by atoms with van der Waals surface area (Å²) in [5.74, 6) is 1.94. The number of nitrogens with two attached hydrogens (primary N) is 1. The van der Waals surface area contributed by atoms with Crippen molar-refractivity contribution in [1.29, 1.82) is 0 Å². The van der Waals surface area contributed by atoms with Crippen LogP contribution in [0.1, 0.15) is 57.9 Å². The second-order valence-electron chi connectivity index (χ2n) is 7.40. The molecule has 1 fully saturated rings. The summed E-state index contributed by atoms with van der Waals surface area (Å²) in [5, 5.41) is 3.20. The summed E-state index contributed by atoms with van der Waals surface area (Å²) >= 11 is 0. The topological polar surface area (TPSA) is 53.6 Å². The lowest BCUT2D eigenvalue weighted by molar-refractivity contribution is 0.190. The molecular formula is C20H34N4. The Morgan fingerprint density at radius 3 is 2.75 bits per heavy atom. The Labute approximate surface area is 147 Å². The van der Waals surface area contributed by atoms with Gasteiger partial charge in [-0.25, -0.2) is 0 Å². The molecule has 0 radical (unpaired) electrons. The van der Waals surface area contributed by atoms with E-state index in [1.807, 2.05) is 6.07 Å². The van der Waals surface area contributed by atoms with Crippen molar-refractivity contribution < 1.29 is 0 Å². The maximum absolute atomic E-state index is 6.00. The number of hydrogen-bond donors (Lipinski definition) is 2. The van der Waals surface area contributed by atoms with Crippen LogP contribution in [0.4, 0.5) is 5.69 Å². The molecule has 4 nitrogen and oxygen atoms in total. The van der Waals surface area contributed by atoms with Crippen molar-refractivity contribution in [3.8, 4) is 0 Å². The first kappa shape index (κ1) is 18.8. The Morgan fingerprint density at radius 2 is 2.04 bits per heavy atom. The smallest absolute Gasteiger partial charge is 0.193 e. The zero-order valence-corrected chi connectivity index (χ0v) is 15.6. The highest BCUT2D eigenvalue weighted by atomic mass is 15.1. The van der Waals surface area contributed by atoms with Gasteiger partial charge in [-0.05, 0) is 74.8 Å². The van der Waals surface area contributed by atoms with E-state index in [4.69, 9.17) is 5.73 Å². The van der Waals surface area contributed by atoms with E-state index < -0.39 is 0 Å². The Bertz CT molecular complexity index is 516. The van der Waals surface area contributed by atoms with Crippen molar-refractivity contribution >= 4 is 11.6 Å². The first-order valence-electron chi connectivity index (χ1n) is 9.44. The molecule has 0 atom stereocenters. The predicted molar refractivity (Wildman–Crippen MR) is 105 cm³/mol. The van der Waals surface area contributed by atoms with E-state index in [0.717, 1.165) is 24.6 Å². The molecule has 0 saturated carbocycles. The van der Waals surface area contributed by atoms with E-state index in [1.54, 1.807) is 0 Å². The molecule has 24 heavy (non-hydrogen) atoms. The predicted octanol–water partition coefficient (Wildman–Crippen LogP) is 4.05. The van der Waals surface area contributed by atoms with Gasteiger partial charge in [0.25, 0.3) is 0 Å². The second-order valence-corrected chi connectivity index (χ2v) is 7.40. The van der Waals surface area contributed by atoms with Gasteiger partial charge in [-0.3, -0.25) is 4.99 Å². The van der Waals surface area contributed by atoms with Crippen LogP contribution < -0.4 is 11.1 Å². The van der Waals surface area contributed by atoms with Crippen LogP contribution in [0.25, 0.3) is 0 Å². The lowest BCUT2D eigenvalue weighted by Gasteiger charge is -2.30. The molecule has 4 heteroatoms. The van der Waals surface area contributed by atoms with Crippen molar-refractivity contribution in [2.45, 2.75) is 52.4 Å². The van der Waals surface area contributed by atoms with Gasteiger partial charge in [0.05, 0.1) is 0 Å². The molecular weight excluding hydrogens is 296 g/mol. The molecule has 3 N–H and O–H groups in total. The number of guanidine groups is 1. The van der Waals surface area contributed by atoms with Gasteiger partial charge in [0.2, 0.25) is 0 Å². The van der Waals surface area contributed by atoms with Crippen LogP contribution in [0, 0.1) is 5.92 Å². The minimum atomic E-state index is 0.516. The molecule has 0 amide bonds. The number of nitrogens with zero attached hydrogens (tertiary/aromatic N) is 2. The molecule has 0 spiro atoms. The molecule has 1 aromatic rings. The summed E-state index contributed by atoms with van der Waals surface area (Å²) < 4.78 is 0. The van der Waals surface area contributed by atoms with E-state index in [9.17, 15) is 0 Å². The number of unbranched alkanes of at least 4 members (excludes halogenated alkanes) is 1. The van der Waals surface area contributed by atoms with Gasteiger partial charge in [0, 0.05) is 12.2 Å². The number of hydrogen-bond acceptors (Lipinski definition) is 2. The third-order valence-corrected chi connectivity index (χ3v) is 4.87. The number of rotatable bonds is 7. The lowest BCUT2D eigenvalue weighted by atomic mass is 9.99. The lowest BCUT2D eigenvalue weighted by Crippen LogP contribution is -2.33. The first-order chi connectivity index (χ1) is 11.5. The first-order valence-corrected chi connectivity index (χ1v) is 9.44. The number of nitrogens with one attached hydrogen (secondary N) is 1. The van der Waals surface area contributed by atoms with Crippen LogP contribution in [-0.2, 0) is 0 Å². The van der Waals surface area contributed by atoms with Gasteiger partial charge in [-0.15, -0.1) is 0 Å². The molecule has 0 aromatic heterocycles. The highest BCUT2D eigenvalue weighted by Gasteiger charge is 2.14.